The molecule has 2 saturated carbocycles. The topological polar surface area (TPSA) is 0 Å². The summed E-state index contributed by atoms with van der Waals surface area (Å²) in [4.78, 5) is 0. The van der Waals surface area contributed by atoms with Gasteiger partial charge in [-0.05, 0) is 24.7 Å². The summed E-state index contributed by atoms with van der Waals surface area (Å²) in [5, 5.41) is -0.375. The number of hydrogen-bond donors (Lipinski definition) is 1. The SMILES string of the molecule is FC1C(S)CCC(C2CCCCC2)C1F. The van der Waals surface area contributed by atoms with Gasteiger partial charge in [-0.1, -0.05) is 32.1 Å². The van der Waals surface area contributed by atoms with Crippen LogP contribution in [-0.2, 0) is 0 Å². The lowest BCUT2D eigenvalue weighted by Crippen LogP contribution is -2.42. The summed E-state index contributed by atoms with van der Waals surface area (Å²) in [5.41, 5.74) is 0. The Labute approximate surface area is 96.2 Å². The normalized spacial score (nSPS) is 44.2. The summed E-state index contributed by atoms with van der Waals surface area (Å²) in [6, 6.07) is 0. The van der Waals surface area contributed by atoms with Crippen LogP contribution in [0.15, 0.2) is 0 Å². The molecule has 0 spiro atoms. The first-order chi connectivity index (χ1) is 7.20. The van der Waals surface area contributed by atoms with Crippen molar-refractivity contribution in [1.82, 2.24) is 0 Å². The third-order valence-corrected chi connectivity index (χ3v) is 4.67. The summed E-state index contributed by atoms with van der Waals surface area (Å²) >= 11 is 4.11. The van der Waals surface area contributed by atoms with Crippen molar-refractivity contribution in [2.75, 3.05) is 0 Å². The molecule has 0 aliphatic heterocycles. The first kappa shape index (κ1) is 11.7. The van der Waals surface area contributed by atoms with Crippen LogP contribution >= 0.6 is 12.6 Å². The molecule has 0 bridgehead atoms. The zero-order valence-corrected chi connectivity index (χ0v) is 9.93. The van der Waals surface area contributed by atoms with E-state index < -0.39 is 12.3 Å². The van der Waals surface area contributed by atoms with Crippen LogP contribution in [0.1, 0.15) is 44.9 Å². The van der Waals surface area contributed by atoms with Crippen molar-refractivity contribution >= 4 is 12.6 Å². The Bertz CT molecular complexity index is 202. The van der Waals surface area contributed by atoms with Gasteiger partial charge in [0, 0.05) is 5.25 Å². The fraction of sp³-hybridized carbons (Fsp3) is 1.00. The zero-order valence-electron chi connectivity index (χ0n) is 9.04. The Morgan fingerprint density at radius 1 is 0.800 bits per heavy atom. The second kappa shape index (κ2) is 5.03. The maximum atomic E-state index is 13.9. The largest absolute Gasteiger partial charge is 0.244 e. The van der Waals surface area contributed by atoms with Crippen molar-refractivity contribution in [2.24, 2.45) is 11.8 Å². The molecule has 0 heterocycles. The third kappa shape index (κ3) is 2.48. The number of alkyl halides is 2. The lowest BCUT2D eigenvalue weighted by atomic mass is 9.72. The van der Waals surface area contributed by atoms with Gasteiger partial charge in [0.15, 0.2) is 0 Å². The smallest absolute Gasteiger partial charge is 0.143 e. The van der Waals surface area contributed by atoms with Gasteiger partial charge in [-0.2, -0.15) is 12.6 Å². The molecular formula is C12H20F2S. The number of hydrogen-bond acceptors (Lipinski definition) is 1. The molecule has 0 saturated heterocycles. The molecule has 88 valence electrons. The molecule has 0 N–H and O–H groups in total. The molecule has 4 unspecified atom stereocenters. The van der Waals surface area contributed by atoms with E-state index in [9.17, 15) is 8.78 Å². The van der Waals surface area contributed by atoms with Crippen molar-refractivity contribution in [3.8, 4) is 0 Å². The average molecular weight is 234 g/mol. The zero-order chi connectivity index (χ0) is 10.8. The van der Waals surface area contributed by atoms with Gasteiger partial charge >= 0.3 is 0 Å². The molecule has 0 aromatic carbocycles. The summed E-state index contributed by atoms with van der Waals surface area (Å²) in [5.74, 6) is 0.413. The highest BCUT2D eigenvalue weighted by Gasteiger charge is 2.42. The molecule has 0 nitrogen and oxygen atoms in total. The first-order valence-corrected chi connectivity index (χ1v) is 6.68. The Morgan fingerprint density at radius 3 is 2.13 bits per heavy atom. The van der Waals surface area contributed by atoms with Crippen LogP contribution in [0.2, 0.25) is 0 Å². The molecule has 2 aliphatic carbocycles. The van der Waals surface area contributed by atoms with Gasteiger partial charge in [0.2, 0.25) is 0 Å². The van der Waals surface area contributed by atoms with E-state index in [-0.39, 0.29) is 11.2 Å². The van der Waals surface area contributed by atoms with E-state index in [2.05, 4.69) is 12.6 Å². The fourth-order valence-corrected chi connectivity index (χ4v) is 3.50. The summed E-state index contributed by atoms with van der Waals surface area (Å²) in [6.45, 7) is 0. The molecule has 2 fully saturated rings. The molecule has 3 heteroatoms. The third-order valence-electron chi connectivity index (χ3n) is 4.13. The maximum absolute atomic E-state index is 13.9. The Morgan fingerprint density at radius 2 is 1.47 bits per heavy atom. The average Bonchev–Trinajstić information content (AvgIpc) is 2.27. The summed E-state index contributed by atoms with van der Waals surface area (Å²) in [6.07, 6.45) is 4.87. The number of halogens is 2. The van der Waals surface area contributed by atoms with Gasteiger partial charge in [-0.3, -0.25) is 0 Å². The highest BCUT2D eigenvalue weighted by molar-refractivity contribution is 7.81. The molecule has 15 heavy (non-hydrogen) atoms. The van der Waals surface area contributed by atoms with Gasteiger partial charge < -0.3 is 0 Å². The lowest BCUT2D eigenvalue weighted by Gasteiger charge is -2.38. The Kier molecular flexibility index (Phi) is 3.92. The van der Waals surface area contributed by atoms with Gasteiger partial charge in [-0.25, -0.2) is 8.78 Å². The van der Waals surface area contributed by atoms with Crippen molar-refractivity contribution in [3.05, 3.63) is 0 Å². The molecule has 4 atom stereocenters. The Balaban J connectivity index is 1.96. The van der Waals surface area contributed by atoms with Crippen LogP contribution in [0.4, 0.5) is 8.78 Å². The van der Waals surface area contributed by atoms with Gasteiger partial charge in [0.1, 0.15) is 12.3 Å². The lowest BCUT2D eigenvalue weighted by molar-refractivity contribution is 0.0305. The van der Waals surface area contributed by atoms with Gasteiger partial charge in [-0.15, -0.1) is 0 Å². The summed E-state index contributed by atoms with van der Waals surface area (Å²) in [7, 11) is 0. The molecule has 0 amide bonds. The van der Waals surface area contributed by atoms with Crippen LogP contribution in [0.25, 0.3) is 0 Å². The second-order valence-corrected chi connectivity index (χ2v) is 5.76. The fourth-order valence-electron chi connectivity index (χ4n) is 3.19. The van der Waals surface area contributed by atoms with Crippen molar-refractivity contribution < 1.29 is 8.78 Å². The van der Waals surface area contributed by atoms with E-state index >= 15 is 0 Å². The first-order valence-electron chi connectivity index (χ1n) is 6.16. The maximum Gasteiger partial charge on any atom is 0.143 e. The quantitative estimate of drug-likeness (QED) is 0.652. The van der Waals surface area contributed by atoms with E-state index in [1.165, 1.54) is 19.3 Å². The number of rotatable bonds is 1. The van der Waals surface area contributed by atoms with E-state index in [1.807, 2.05) is 0 Å². The minimum Gasteiger partial charge on any atom is -0.244 e. The van der Waals surface area contributed by atoms with E-state index in [0.717, 1.165) is 25.7 Å². The van der Waals surface area contributed by atoms with E-state index in [1.54, 1.807) is 0 Å². The van der Waals surface area contributed by atoms with Crippen LogP contribution < -0.4 is 0 Å². The minimum atomic E-state index is -1.34. The van der Waals surface area contributed by atoms with Crippen LogP contribution in [0.3, 0.4) is 0 Å². The highest BCUT2D eigenvalue weighted by Crippen LogP contribution is 2.41. The molecule has 2 aliphatic rings. The van der Waals surface area contributed by atoms with Crippen LogP contribution in [-0.4, -0.2) is 17.6 Å². The molecule has 0 radical (unpaired) electrons. The Hall–Kier alpha value is 0.210. The molecule has 0 aromatic rings. The molecular weight excluding hydrogens is 214 g/mol. The van der Waals surface area contributed by atoms with Crippen molar-refractivity contribution in [3.63, 3.8) is 0 Å². The predicted molar refractivity (Wildman–Crippen MR) is 61.9 cm³/mol. The number of thiol groups is 1. The molecule has 2 rings (SSSR count). The summed E-state index contributed by atoms with van der Waals surface area (Å²) < 4.78 is 27.4. The van der Waals surface area contributed by atoms with E-state index in [0.29, 0.717) is 5.92 Å². The van der Waals surface area contributed by atoms with Gasteiger partial charge in [0.05, 0.1) is 0 Å². The monoisotopic (exact) mass is 234 g/mol. The van der Waals surface area contributed by atoms with Gasteiger partial charge in [0.25, 0.3) is 0 Å². The van der Waals surface area contributed by atoms with Crippen LogP contribution in [0.5, 0.6) is 0 Å². The van der Waals surface area contributed by atoms with Crippen molar-refractivity contribution in [2.45, 2.75) is 62.5 Å². The highest BCUT2D eigenvalue weighted by atomic mass is 32.1. The second-order valence-electron chi connectivity index (χ2n) is 5.10. The van der Waals surface area contributed by atoms with E-state index in [4.69, 9.17) is 0 Å². The predicted octanol–water partition coefficient (Wildman–Crippen LogP) is 3.95. The molecule has 0 aromatic heterocycles. The van der Waals surface area contributed by atoms with Crippen molar-refractivity contribution in [1.29, 1.82) is 0 Å². The standard InChI is InChI=1S/C12H20F2S/c13-11-9(6-7-10(15)12(11)14)8-4-2-1-3-5-8/h8-12,15H,1-7H2. The van der Waals surface area contributed by atoms with Crippen LogP contribution in [0, 0.1) is 11.8 Å². The minimum absolute atomic E-state index is 0.0244.